The molecule has 0 aliphatic rings. The summed E-state index contributed by atoms with van der Waals surface area (Å²) in [5.74, 6) is 0.206. The Morgan fingerprint density at radius 3 is 2.50 bits per heavy atom. The molecule has 0 fully saturated rings. The summed E-state index contributed by atoms with van der Waals surface area (Å²) in [6.45, 7) is 2.04. The van der Waals surface area contributed by atoms with Crippen LogP contribution < -0.4 is 10.1 Å². The maximum atomic E-state index is 12.5. The van der Waals surface area contributed by atoms with Crippen LogP contribution >= 0.6 is 11.6 Å². The van der Waals surface area contributed by atoms with E-state index in [2.05, 4.69) is 5.32 Å². The van der Waals surface area contributed by atoms with Gasteiger partial charge in [0.05, 0.1) is 11.5 Å². The Kier molecular flexibility index (Phi) is 6.06. The topological polar surface area (TPSA) is 102 Å². The predicted molar refractivity (Wildman–Crippen MR) is 99.9 cm³/mol. The van der Waals surface area contributed by atoms with Gasteiger partial charge in [-0.05, 0) is 37.3 Å². The number of nitro benzene ring substituents is 1. The van der Waals surface area contributed by atoms with Gasteiger partial charge in [0.25, 0.3) is 5.69 Å². The van der Waals surface area contributed by atoms with Crippen LogP contribution in [0.25, 0.3) is 0 Å². The molecule has 0 heterocycles. The lowest BCUT2D eigenvalue weighted by molar-refractivity contribution is -0.383. The lowest BCUT2D eigenvalue weighted by Gasteiger charge is -2.17. The number of hydrogen-bond donors (Lipinski definition) is 1. The minimum atomic E-state index is -3.76. The summed E-state index contributed by atoms with van der Waals surface area (Å²) in [6.07, 6.45) is 0. The van der Waals surface area contributed by atoms with E-state index in [0.29, 0.717) is 12.3 Å². The van der Waals surface area contributed by atoms with Crippen molar-refractivity contribution in [3.8, 4) is 5.75 Å². The van der Waals surface area contributed by atoms with Crippen LogP contribution in [0.5, 0.6) is 5.75 Å². The van der Waals surface area contributed by atoms with E-state index in [4.69, 9.17) is 16.3 Å². The second kappa shape index (κ2) is 7.90. The number of hydrogen-bond acceptors (Lipinski definition) is 6. The van der Waals surface area contributed by atoms with E-state index in [1.807, 2.05) is 0 Å². The molecule has 2 aromatic carbocycles. The number of nitrogens with zero attached hydrogens (tertiary/aromatic N) is 2. The highest BCUT2D eigenvalue weighted by Gasteiger charge is 2.23. The van der Waals surface area contributed by atoms with E-state index in [1.165, 1.54) is 44.4 Å². The third-order valence-electron chi connectivity index (χ3n) is 3.44. The second-order valence-corrected chi connectivity index (χ2v) is 7.98. The van der Waals surface area contributed by atoms with Crippen LogP contribution in [0, 0.1) is 10.1 Å². The number of halogens is 1. The Morgan fingerprint density at radius 1 is 1.23 bits per heavy atom. The molecule has 0 saturated carbocycles. The van der Waals surface area contributed by atoms with Crippen LogP contribution in [0.4, 0.5) is 17.1 Å². The first kappa shape index (κ1) is 20.0. The van der Waals surface area contributed by atoms with Gasteiger partial charge in [0.1, 0.15) is 16.3 Å². The first-order valence-electron chi connectivity index (χ1n) is 7.57. The maximum absolute atomic E-state index is 12.5. The Labute approximate surface area is 156 Å². The van der Waals surface area contributed by atoms with Crippen LogP contribution in [-0.2, 0) is 10.0 Å². The highest BCUT2D eigenvalue weighted by molar-refractivity contribution is 7.89. The fraction of sp³-hybridized carbons (Fsp3) is 0.250. The fourth-order valence-corrected chi connectivity index (χ4v) is 3.39. The van der Waals surface area contributed by atoms with Crippen molar-refractivity contribution >= 4 is 38.7 Å². The molecule has 0 aliphatic heterocycles. The van der Waals surface area contributed by atoms with Crippen LogP contribution in [-0.4, -0.2) is 38.3 Å². The molecule has 140 valence electrons. The number of ether oxygens (including phenoxy) is 1. The van der Waals surface area contributed by atoms with Crippen molar-refractivity contribution in [3.63, 3.8) is 0 Å². The summed E-state index contributed by atoms with van der Waals surface area (Å²) >= 11 is 5.81. The molecule has 0 unspecified atom stereocenters. The standard InChI is InChI=1S/C16H18ClN3O5S/c1-4-25-15-8-6-12(10-16(15)26(23,24)19(2)3)18-13-7-5-11(17)9-14(13)20(21)22/h5-10,18H,4H2,1-3H3. The van der Waals surface area contributed by atoms with E-state index in [-0.39, 0.29) is 27.0 Å². The molecule has 2 rings (SSSR count). The van der Waals surface area contributed by atoms with Crippen LogP contribution in [0.3, 0.4) is 0 Å². The molecule has 2 aromatic rings. The lowest BCUT2D eigenvalue weighted by atomic mass is 10.2. The molecule has 8 nitrogen and oxygen atoms in total. The molecule has 0 spiro atoms. The number of nitrogens with one attached hydrogen (secondary N) is 1. The number of anilines is 2. The van der Waals surface area contributed by atoms with Gasteiger partial charge in [-0.15, -0.1) is 0 Å². The average molecular weight is 400 g/mol. The van der Waals surface area contributed by atoms with Crippen LogP contribution in [0.2, 0.25) is 5.02 Å². The van der Waals surface area contributed by atoms with E-state index < -0.39 is 14.9 Å². The minimum Gasteiger partial charge on any atom is -0.492 e. The molecule has 10 heteroatoms. The van der Waals surface area contributed by atoms with Gasteiger partial charge >= 0.3 is 0 Å². The molecular weight excluding hydrogens is 382 g/mol. The van der Waals surface area contributed by atoms with Gasteiger partial charge in [-0.3, -0.25) is 10.1 Å². The van der Waals surface area contributed by atoms with Gasteiger partial charge < -0.3 is 10.1 Å². The van der Waals surface area contributed by atoms with Crippen molar-refractivity contribution in [2.24, 2.45) is 0 Å². The zero-order valence-corrected chi connectivity index (χ0v) is 16.0. The molecule has 0 aliphatic carbocycles. The van der Waals surface area contributed by atoms with Crippen LogP contribution in [0.15, 0.2) is 41.3 Å². The molecule has 0 bridgehead atoms. The predicted octanol–water partition coefficient (Wildman–Crippen LogP) is 3.64. The Balaban J connectivity index is 2.51. The van der Waals surface area contributed by atoms with Crippen molar-refractivity contribution in [1.29, 1.82) is 0 Å². The van der Waals surface area contributed by atoms with E-state index in [1.54, 1.807) is 13.0 Å². The van der Waals surface area contributed by atoms with Gasteiger partial charge in [0.15, 0.2) is 0 Å². The number of nitro groups is 1. The molecule has 1 N–H and O–H groups in total. The largest absolute Gasteiger partial charge is 0.492 e. The van der Waals surface area contributed by atoms with Gasteiger partial charge in [-0.25, -0.2) is 12.7 Å². The van der Waals surface area contributed by atoms with Crippen molar-refractivity contribution < 1.29 is 18.1 Å². The normalized spacial score (nSPS) is 11.4. The SMILES string of the molecule is CCOc1ccc(Nc2ccc(Cl)cc2[N+](=O)[O-])cc1S(=O)(=O)N(C)C. The third-order valence-corrected chi connectivity index (χ3v) is 5.51. The van der Waals surface area contributed by atoms with E-state index in [0.717, 1.165) is 4.31 Å². The van der Waals surface area contributed by atoms with Crippen molar-refractivity contribution in [1.82, 2.24) is 4.31 Å². The second-order valence-electron chi connectivity index (χ2n) is 5.43. The minimum absolute atomic E-state index is 0.0361. The number of benzene rings is 2. The Bertz CT molecular complexity index is 931. The van der Waals surface area contributed by atoms with Crippen LogP contribution in [0.1, 0.15) is 6.92 Å². The molecule has 0 saturated heterocycles. The van der Waals surface area contributed by atoms with E-state index in [9.17, 15) is 18.5 Å². The third kappa shape index (κ3) is 4.24. The summed E-state index contributed by atoms with van der Waals surface area (Å²) in [5, 5.41) is 14.3. The highest BCUT2D eigenvalue weighted by atomic mass is 35.5. The number of sulfonamides is 1. The zero-order chi connectivity index (χ0) is 19.5. The van der Waals surface area contributed by atoms with Crippen molar-refractivity contribution in [3.05, 3.63) is 51.5 Å². The van der Waals surface area contributed by atoms with Crippen molar-refractivity contribution in [2.75, 3.05) is 26.0 Å². The molecule has 0 atom stereocenters. The molecule has 0 radical (unpaired) electrons. The lowest BCUT2D eigenvalue weighted by Crippen LogP contribution is -2.23. The molecule has 0 amide bonds. The fourth-order valence-electron chi connectivity index (χ4n) is 2.18. The monoisotopic (exact) mass is 399 g/mol. The molecule has 0 aromatic heterocycles. The van der Waals surface area contributed by atoms with Gasteiger partial charge in [0.2, 0.25) is 10.0 Å². The Hall–Kier alpha value is -2.36. The van der Waals surface area contributed by atoms with E-state index >= 15 is 0 Å². The first-order valence-corrected chi connectivity index (χ1v) is 9.39. The summed E-state index contributed by atoms with van der Waals surface area (Å²) < 4.78 is 31.6. The van der Waals surface area contributed by atoms with Gasteiger partial charge in [-0.2, -0.15) is 0 Å². The average Bonchev–Trinajstić information content (AvgIpc) is 2.57. The summed E-state index contributed by atoms with van der Waals surface area (Å²) in [4.78, 5) is 10.6. The maximum Gasteiger partial charge on any atom is 0.294 e. The van der Waals surface area contributed by atoms with Gasteiger partial charge in [-0.1, -0.05) is 11.6 Å². The van der Waals surface area contributed by atoms with Crippen molar-refractivity contribution in [2.45, 2.75) is 11.8 Å². The highest BCUT2D eigenvalue weighted by Crippen LogP contribution is 2.34. The molecule has 26 heavy (non-hydrogen) atoms. The number of rotatable bonds is 7. The summed E-state index contributed by atoms with van der Waals surface area (Å²) in [5.41, 5.74) is 0.333. The molecular formula is C16H18ClN3O5S. The summed E-state index contributed by atoms with van der Waals surface area (Å²) in [7, 11) is -0.941. The van der Waals surface area contributed by atoms with Gasteiger partial charge in [0, 0.05) is 30.9 Å². The zero-order valence-electron chi connectivity index (χ0n) is 14.4. The Morgan fingerprint density at radius 2 is 1.92 bits per heavy atom. The summed E-state index contributed by atoms with van der Waals surface area (Å²) in [6, 6.07) is 8.64. The quantitative estimate of drug-likeness (QED) is 0.563. The first-order chi connectivity index (χ1) is 12.2. The smallest absolute Gasteiger partial charge is 0.294 e.